The first kappa shape index (κ1) is 10.6. The van der Waals surface area contributed by atoms with Gasteiger partial charge in [0, 0.05) is 5.69 Å². The average molecular weight is 209 g/mol. The molecule has 80 valence electrons. The smallest absolute Gasteiger partial charge is 0.0871 e. The van der Waals surface area contributed by atoms with Crippen molar-refractivity contribution in [2.45, 2.75) is 19.4 Å². The van der Waals surface area contributed by atoms with Crippen LogP contribution in [0.5, 0.6) is 0 Å². The Labute approximate surface area is 96.5 Å². The maximum absolute atomic E-state index is 5.43. The Bertz CT molecular complexity index is 522. The van der Waals surface area contributed by atoms with Crippen LogP contribution in [-0.4, -0.2) is 6.04 Å². The van der Waals surface area contributed by atoms with Gasteiger partial charge in [0.2, 0.25) is 0 Å². The summed E-state index contributed by atoms with van der Waals surface area (Å²) in [4.78, 5) is 0. The van der Waals surface area contributed by atoms with Gasteiger partial charge in [0.15, 0.2) is 0 Å². The van der Waals surface area contributed by atoms with Crippen molar-refractivity contribution in [3.05, 3.63) is 42.5 Å². The fraction of sp³-hybridized carbons (Fsp3) is 0.200. The van der Waals surface area contributed by atoms with Crippen molar-refractivity contribution in [1.82, 2.24) is 0 Å². The predicted molar refractivity (Wildman–Crippen MR) is 70.5 cm³/mol. The fourth-order valence-electron chi connectivity index (χ4n) is 1.74. The highest BCUT2D eigenvalue weighted by Crippen LogP contribution is 2.19. The Balaban J connectivity index is 2.30. The maximum Gasteiger partial charge on any atom is 0.0871 e. The Morgan fingerprint density at radius 3 is 2.62 bits per heavy atom. The summed E-state index contributed by atoms with van der Waals surface area (Å²) < 4.78 is 0. The number of hydrogen-bond donors (Lipinski definition) is 1. The van der Waals surface area contributed by atoms with E-state index in [4.69, 9.17) is 6.42 Å². The number of hydrogen-bond acceptors (Lipinski definition) is 1. The molecule has 0 amide bonds. The SMILES string of the molecule is C#CC(CC)Nc1ccc2ccccc2c1. The minimum atomic E-state index is 0.112. The molecule has 1 heteroatoms. The highest BCUT2D eigenvalue weighted by Gasteiger charge is 2.01. The molecule has 0 bridgehead atoms. The van der Waals surface area contributed by atoms with Crippen LogP contribution in [0.2, 0.25) is 0 Å². The quantitative estimate of drug-likeness (QED) is 0.761. The summed E-state index contributed by atoms with van der Waals surface area (Å²) in [6, 6.07) is 14.7. The molecule has 0 radical (unpaired) electrons. The van der Waals surface area contributed by atoms with E-state index in [0.29, 0.717) is 0 Å². The largest absolute Gasteiger partial charge is 0.372 e. The Hall–Kier alpha value is -1.94. The van der Waals surface area contributed by atoms with E-state index in [0.717, 1.165) is 12.1 Å². The summed E-state index contributed by atoms with van der Waals surface area (Å²) in [5, 5.41) is 5.82. The van der Waals surface area contributed by atoms with Gasteiger partial charge in [-0.05, 0) is 29.3 Å². The molecule has 16 heavy (non-hydrogen) atoms. The van der Waals surface area contributed by atoms with Crippen molar-refractivity contribution >= 4 is 16.5 Å². The molecule has 1 nitrogen and oxygen atoms in total. The van der Waals surface area contributed by atoms with Gasteiger partial charge in [0.25, 0.3) is 0 Å². The summed E-state index contributed by atoms with van der Waals surface area (Å²) >= 11 is 0. The first-order valence-electron chi connectivity index (χ1n) is 5.55. The highest BCUT2D eigenvalue weighted by molar-refractivity contribution is 5.85. The second-order valence-corrected chi connectivity index (χ2v) is 3.83. The number of terminal acetylenes is 1. The molecule has 1 N–H and O–H groups in total. The van der Waals surface area contributed by atoms with Gasteiger partial charge in [-0.15, -0.1) is 6.42 Å². The number of benzene rings is 2. The Morgan fingerprint density at radius 2 is 1.94 bits per heavy atom. The van der Waals surface area contributed by atoms with E-state index in [-0.39, 0.29) is 6.04 Å². The zero-order valence-corrected chi connectivity index (χ0v) is 9.40. The standard InChI is InChI=1S/C15H15N/c1-3-14(4-2)16-15-10-9-12-7-5-6-8-13(12)11-15/h1,5-11,14,16H,4H2,2H3. The van der Waals surface area contributed by atoms with Crippen molar-refractivity contribution in [2.75, 3.05) is 5.32 Å². The van der Waals surface area contributed by atoms with Gasteiger partial charge in [-0.25, -0.2) is 0 Å². The van der Waals surface area contributed by atoms with E-state index in [1.807, 2.05) is 12.1 Å². The fourth-order valence-corrected chi connectivity index (χ4v) is 1.74. The van der Waals surface area contributed by atoms with Crippen LogP contribution < -0.4 is 5.32 Å². The molecule has 0 aromatic heterocycles. The number of fused-ring (bicyclic) bond motifs is 1. The van der Waals surface area contributed by atoms with Crippen LogP contribution in [0, 0.1) is 12.3 Å². The maximum atomic E-state index is 5.43. The molecule has 0 aliphatic heterocycles. The molecular weight excluding hydrogens is 194 g/mol. The molecule has 2 aromatic carbocycles. The molecule has 1 atom stereocenters. The normalized spacial score (nSPS) is 12.0. The van der Waals surface area contributed by atoms with E-state index < -0.39 is 0 Å². The lowest BCUT2D eigenvalue weighted by Gasteiger charge is -2.12. The molecule has 1 unspecified atom stereocenters. The lowest BCUT2D eigenvalue weighted by atomic mass is 10.1. The van der Waals surface area contributed by atoms with E-state index in [1.54, 1.807) is 0 Å². The average Bonchev–Trinajstić information content (AvgIpc) is 2.35. The van der Waals surface area contributed by atoms with Gasteiger partial charge in [-0.2, -0.15) is 0 Å². The Kier molecular flexibility index (Phi) is 3.12. The van der Waals surface area contributed by atoms with Crippen LogP contribution in [-0.2, 0) is 0 Å². The summed E-state index contributed by atoms with van der Waals surface area (Å²) in [7, 11) is 0. The molecule has 0 saturated heterocycles. The van der Waals surface area contributed by atoms with Gasteiger partial charge < -0.3 is 5.32 Å². The van der Waals surface area contributed by atoms with Crippen molar-refractivity contribution in [3.8, 4) is 12.3 Å². The van der Waals surface area contributed by atoms with E-state index in [9.17, 15) is 0 Å². The number of rotatable bonds is 3. The molecule has 0 fully saturated rings. The summed E-state index contributed by atoms with van der Waals surface area (Å²) in [5.41, 5.74) is 1.09. The zero-order valence-electron chi connectivity index (χ0n) is 9.40. The third-order valence-electron chi connectivity index (χ3n) is 2.70. The van der Waals surface area contributed by atoms with Crippen molar-refractivity contribution in [3.63, 3.8) is 0 Å². The van der Waals surface area contributed by atoms with Crippen LogP contribution in [0.1, 0.15) is 13.3 Å². The second kappa shape index (κ2) is 4.72. The van der Waals surface area contributed by atoms with Crippen LogP contribution in [0.3, 0.4) is 0 Å². The van der Waals surface area contributed by atoms with E-state index in [2.05, 4.69) is 48.5 Å². The van der Waals surface area contributed by atoms with Gasteiger partial charge >= 0.3 is 0 Å². The van der Waals surface area contributed by atoms with Crippen LogP contribution in [0.15, 0.2) is 42.5 Å². The van der Waals surface area contributed by atoms with Crippen molar-refractivity contribution < 1.29 is 0 Å². The molecule has 2 rings (SSSR count). The van der Waals surface area contributed by atoms with Crippen molar-refractivity contribution in [2.24, 2.45) is 0 Å². The van der Waals surface area contributed by atoms with Crippen LogP contribution in [0.25, 0.3) is 10.8 Å². The molecule has 0 aliphatic carbocycles. The second-order valence-electron chi connectivity index (χ2n) is 3.83. The first-order chi connectivity index (χ1) is 7.83. The Morgan fingerprint density at radius 1 is 1.19 bits per heavy atom. The predicted octanol–water partition coefficient (Wildman–Crippen LogP) is 3.66. The minimum absolute atomic E-state index is 0.112. The molecule has 0 aliphatic rings. The number of anilines is 1. The van der Waals surface area contributed by atoms with E-state index in [1.165, 1.54) is 10.8 Å². The van der Waals surface area contributed by atoms with Crippen LogP contribution >= 0.6 is 0 Å². The highest BCUT2D eigenvalue weighted by atomic mass is 14.9. The third-order valence-corrected chi connectivity index (χ3v) is 2.70. The molecule has 0 saturated carbocycles. The van der Waals surface area contributed by atoms with Gasteiger partial charge in [0.05, 0.1) is 6.04 Å². The summed E-state index contributed by atoms with van der Waals surface area (Å²) in [6.45, 7) is 2.08. The lowest BCUT2D eigenvalue weighted by molar-refractivity contribution is 0.858. The van der Waals surface area contributed by atoms with E-state index >= 15 is 0 Å². The minimum Gasteiger partial charge on any atom is -0.372 e. The monoisotopic (exact) mass is 209 g/mol. The number of nitrogens with one attached hydrogen (secondary N) is 1. The van der Waals surface area contributed by atoms with Gasteiger partial charge in [0.1, 0.15) is 0 Å². The third kappa shape index (κ3) is 2.17. The molecular formula is C15H15N. The van der Waals surface area contributed by atoms with Gasteiger partial charge in [-0.1, -0.05) is 43.2 Å². The van der Waals surface area contributed by atoms with Crippen molar-refractivity contribution in [1.29, 1.82) is 0 Å². The van der Waals surface area contributed by atoms with Crippen LogP contribution in [0.4, 0.5) is 5.69 Å². The first-order valence-corrected chi connectivity index (χ1v) is 5.55. The zero-order chi connectivity index (χ0) is 11.4. The molecule has 0 heterocycles. The topological polar surface area (TPSA) is 12.0 Å². The molecule has 2 aromatic rings. The molecule has 0 spiro atoms. The van der Waals surface area contributed by atoms with Gasteiger partial charge in [-0.3, -0.25) is 0 Å². The lowest BCUT2D eigenvalue weighted by Crippen LogP contribution is -2.15. The summed E-state index contributed by atoms with van der Waals surface area (Å²) in [6.07, 6.45) is 6.37. The summed E-state index contributed by atoms with van der Waals surface area (Å²) in [5.74, 6) is 2.74.